The van der Waals surface area contributed by atoms with E-state index in [9.17, 15) is 14.9 Å². The molecule has 1 aromatic heterocycles. The molecule has 0 bridgehead atoms. The summed E-state index contributed by atoms with van der Waals surface area (Å²) in [5.74, 6) is 0.120. The topological polar surface area (TPSA) is 79.0 Å². The maximum atomic E-state index is 12.9. The summed E-state index contributed by atoms with van der Waals surface area (Å²) in [6.07, 6.45) is 0. The standard InChI is InChI=1S/C19H23ClN4O2S/c1-12(2)9-24-17(26)14-8-13(20)6-7-15(14)22-18(24)27-10-16(25)23(5)19(3,4)11-21/h6-8,12H,9-10H2,1-5H3. The molecular weight excluding hydrogens is 384 g/mol. The van der Waals surface area contributed by atoms with Gasteiger partial charge in [0.25, 0.3) is 5.56 Å². The molecule has 2 rings (SSSR count). The number of fused-ring (bicyclic) bond motifs is 1. The summed E-state index contributed by atoms with van der Waals surface area (Å²) in [6.45, 7) is 7.88. The van der Waals surface area contributed by atoms with Gasteiger partial charge in [0.1, 0.15) is 5.54 Å². The lowest BCUT2D eigenvalue weighted by Gasteiger charge is -2.29. The van der Waals surface area contributed by atoms with Crippen LogP contribution < -0.4 is 5.56 Å². The van der Waals surface area contributed by atoms with Gasteiger partial charge in [0.2, 0.25) is 5.91 Å². The van der Waals surface area contributed by atoms with E-state index in [1.54, 1.807) is 43.7 Å². The molecule has 0 spiro atoms. The number of hydrogen-bond donors (Lipinski definition) is 0. The quantitative estimate of drug-likeness (QED) is 0.541. The third kappa shape index (κ3) is 4.82. The molecule has 1 heterocycles. The van der Waals surface area contributed by atoms with Crippen molar-refractivity contribution in [1.82, 2.24) is 14.5 Å². The zero-order valence-electron chi connectivity index (χ0n) is 16.1. The second-order valence-corrected chi connectivity index (χ2v) is 8.66. The van der Waals surface area contributed by atoms with E-state index in [0.717, 1.165) is 0 Å². The van der Waals surface area contributed by atoms with Crippen LogP contribution in [-0.2, 0) is 11.3 Å². The molecule has 8 heteroatoms. The lowest BCUT2D eigenvalue weighted by atomic mass is 10.1. The van der Waals surface area contributed by atoms with Crippen molar-refractivity contribution in [2.45, 2.75) is 44.9 Å². The molecule has 27 heavy (non-hydrogen) atoms. The number of halogens is 1. The number of amides is 1. The van der Waals surface area contributed by atoms with Crippen LogP contribution >= 0.6 is 23.4 Å². The molecule has 0 aliphatic carbocycles. The molecule has 6 nitrogen and oxygen atoms in total. The minimum absolute atomic E-state index is 0.0885. The Labute approximate surface area is 168 Å². The molecular formula is C19H23ClN4O2S. The van der Waals surface area contributed by atoms with Crippen LogP contribution in [-0.4, -0.2) is 38.7 Å². The van der Waals surface area contributed by atoms with Gasteiger partial charge in [0.15, 0.2) is 5.16 Å². The number of carbonyl (C=O) groups excluding carboxylic acids is 1. The third-order valence-corrected chi connectivity index (χ3v) is 5.44. The van der Waals surface area contributed by atoms with E-state index >= 15 is 0 Å². The van der Waals surface area contributed by atoms with E-state index in [1.807, 2.05) is 13.8 Å². The van der Waals surface area contributed by atoms with Crippen LogP contribution in [0.3, 0.4) is 0 Å². The van der Waals surface area contributed by atoms with Gasteiger partial charge in [-0.3, -0.25) is 14.2 Å². The Bertz CT molecular complexity index is 963. The van der Waals surface area contributed by atoms with Crippen LogP contribution in [0.2, 0.25) is 5.02 Å². The zero-order chi connectivity index (χ0) is 20.4. The van der Waals surface area contributed by atoms with E-state index in [1.165, 1.54) is 16.7 Å². The fourth-order valence-corrected chi connectivity index (χ4v) is 3.51. The van der Waals surface area contributed by atoms with Crippen LogP contribution in [0.25, 0.3) is 10.9 Å². The first-order valence-electron chi connectivity index (χ1n) is 8.57. The fraction of sp³-hybridized carbons (Fsp3) is 0.474. The lowest BCUT2D eigenvalue weighted by Crippen LogP contribution is -2.44. The van der Waals surface area contributed by atoms with Crippen molar-refractivity contribution in [3.63, 3.8) is 0 Å². The molecule has 0 N–H and O–H groups in total. The van der Waals surface area contributed by atoms with Crippen molar-refractivity contribution in [3.8, 4) is 6.07 Å². The number of thioether (sulfide) groups is 1. The van der Waals surface area contributed by atoms with Gasteiger partial charge in [-0.2, -0.15) is 5.26 Å². The normalized spacial score (nSPS) is 11.6. The molecule has 144 valence electrons. The second kappa shape index (κ2) is 8.32. The minimum Gasteiger partial charge on any atom is -0.327 e. The molecule has 0 aliphatic heterocycles. The highest BCUT2D eigenvalue weighted by Gasteiger charge is 2.27. The van der Waals surface area contributed by atoms with Crippen LogP contribution in [0.1, 0.15) is 27.7 Å². The number of aromatic nitrogens is 2. The first kappa shape index (κ1) is 21.3. The number of hydrogen-bond acceptors (Lipinski definition) is 5. The third-order valence-electron chi connectivity index (χ3n) is 4.24. The van der Waals surface area contributed by atoms with Crippen LogP contribution in [0.5, 0.6) is 0 Å². The predicted octanol–water partition coefficient (Wildman–Crippen LogP) is 3.56. The van der Waals surface area contributed by atoms with E-state index in [-0.39, 0.29) is 23.1 Å². The lowest BCUT2D eigenvalue weighted by molar-refractivity contribution is -0.130. The molecule has 2 aromatic rings. The summed E-state index contributed by atoms with van der Waals surface area (Å²) in [5, 5.41) is 10.6. The molecule has 0 saturated heterocycles. The molecule has 1 aromatic carbocycles. The number of nitrogens with zero attached hydrogens (tertiary/aromatic N) is 4. The summed E-state index contributed by atoms with van der Waals surface area (Å²) >= 11 is 7.23. The number of rotatable bonds is 6. The molecule has 0 radical (unpaired) electrons. The fourth-order valence-electron chi connectivity index (χ4n) is 2.42. The minimum atomic E-state index is -0.900. The Balaban J connectivity index is 2.39. The van der Waals surface area contributed by atoms with Gasteiger partial charge in [0.05, 0.1) is 22.7 Å². The number of nitriles is 1. The van der Waals surface area contributed by atoms with Crippen molar-refractivity contribution in [2.24, 2.45) is 5.92 Å². The van der Waals surface area contributed by atoms with Gasteiger partial charge < -0.3 is 4.90 Å². The maximum Gasteiger partial charge on any atom is 0.262 e. The maximum absolute atomic E-state index is 12.9. The van der Waals surface area contributed by atoms with Crippen LogP contribution in [0.4, 0.5) is 0 Å². The number of benzene rings is 1. The summed E-state index contributed by atoms with van der Waals surface area (Å²) in [6, 6.07) is 7.12. The summed E-state index contributed by atoms with van der Waals surface area (Å²) < 4.78 is 1.59. The van der Waals surface area contributed by atoms with Crippen LogP contribution in [0, 0.1) is 17.2 Å². The Hall–Kier alpha value is -2.04. The smallest absolute Gasteiger partial charge is 0.262 e. The van der Waals surface area contributed by atoms with E-state index in [0.29, 0.717) is 27.6 Å². The van der Waals surface area contributed by atoms with Crippen molar-refractivity contribution < 1.29 is 4.79 Å². The van der Waals surface area contributed by atoms with Gasteiger partial charge in [-0.25, -0.2) is 4.98 Å². The zero-order valence-corrected chi connectivity index (χ0v) is 17.7. The summed E-state index contributed by atoms with van der Waals surface area (Å²) in [7, 11) is 1.60. The highest BCUT2D eigenvalue weighted by Crippen LogP contribution is 2.22. The van der Waals surface area contributed by atoms with Gasteiger partial charge in [-0.05, 0) is 38.0 Å². The van der Waals surface area contributed by atoms with Crippen molar-refractivity contribution in [1.29, 1.82) is 5.26 Å². The highest BCUT2D eigenvalue weighted by molar-refractivity contribution is 7.99. The van der Waals surface area contributed by atoms with E-state index in [4.69, 9.17) is 11.6 Å². The summed E-state index contributed by atoms with van der Waals surface area (Å²) in [5.41, 5.74) is -0.523. The van der Waals surface area contributed by atoms with Crippen molar-refractivity contribution >= 4 is 40.2 Å². The van der Waals surface area contributed by atoms with Crippen LogP contribution in [0.15, 0.2) is 28.2 Å². The molecule has 1 amide bonds. The molecule has 0 saturated carbocycles. The molecule has 0 fully saturated rings. The Morgan fingerprint density at radius 2 is 2.11 bits per heavy atom. The summed E-state index contributed by atoms with van der Waals surface area (Å²) in [4.78, 5) is 31.4. The van der Waals surface area contributed by atoms with E-state index < -0.39 is 5.54 Å². The average molecular weight is 407 g/mol. The van der Waals surface area contributed by atoms with Gasteiger partial charge in [-0.1, -0.05) is 37.2 Å². The first-order valence-corrected chi connectivity index (χ1v) is 9.94. The molecule has 0 unspecified atom stereocenters. The average Bonchev–Trinajstić information content (AvgIpc) is 2.61. The Morgan fingerprint density at radius 1 is 1.44 bits per heavy atom. The molecule has 0 atom stereocenters. The monoisotopic (exact) mass is 406 g/mol. The Morgan fingerprint density at radius 3 is 2.70 bits per heavy atom. The first-order chi connectivity index (χ1) is 12.6. The number of carbonyl (C=O) groups is 1. The largest absolute Gasteiger partial charge is 0.327 e. The Kier molecular flexibility index (Phi) is 6.55. The second-order valence-electron chi connectivity index (χ2n) is 7.28. The van der Waals surface area contributed by atoms with Gasteiger partial charge in [0, 0.05) is 18.6 Å². The van der Waals surface area contributed by atoms with Gasteiger partial charge in [-0.15, -0.1) is 0 Å². The van der Waals surface area contributed by atoms with E-state index in [2.05, 4.69) is 11.1 Å². The highest BCUT2D eigenvalue weighted by atomic mass is 35.5. The SMILES string of the molecule is CC(C)Cn1c(SCC(=O)N(C)C(C)(C)C#N)nc2ccc(Cl)cc2c1=O. The molecule has 0 aliphatic rings. The van der Waals surface area contributed by atoms with Crippen molar-refractivity contribution in [3.05, 3.63) is 33.6 Å². The van der Waals surface area contributed by atoms with Crippen molar-refractivity contribution in [2.75, 3.05) is 12.8 Å². The van der Waals surface area contributed by atoms with Gasteiger partial charge >= 0.3 is 0 Å². The predicted molar refractivity (Wildman–Crippen MR) is 109 cm³/mol.